The molecule has 0 aliphatic carbocycles. The third-order valence-electron chi connectivity index (χ3n) is 3.06. The van der Waals surface area contributed by atoms with Crippen LogP contribution in [0.25, 0.3) is 0 Å². The molecule has 0 heterocycles. The van der Waals surface area contributed by atoms with Crippen LogP contribution < -0.4 is 5.32 Å². The molecule has 0 radical (unpaired) electrons. The Morgan fingerprint density at radius 3 is 2.33 bits per heavy atom. The van der Waals surface area contributed by atoms with Crippen LogP contribution >= 0.6 is 11.8 Å². The molecule has 0 saturated heterocycles. The maximum Gasteiger partial charge on any atom is 0.416 e. The van der Waals surface area contributed by atoms with Crippen LogP contribution in [0.2, 0.25) is 0 Å². The second-order valence-corrected chi connectivity index (χ2v) is 6.04. The van der Waals surface area contributed by atoms with Gasteiger partial charge in [0.15, 0.2) is 5.78 Å². The Labute approximate surface area is 141 Å². The van der Waals surface area contributed by atoms with E-state index in [1.165, 1.54) is 19.1 Å². The number of hydrogen-bond acceptors (Lipinski definition) is 3. The van der Waals surface area contributed by atoms with Crippen LogP contribution in [0, 0.1) is 0 Å². The van der Waals surface area contributed by atoms with Gasteiger partial charge in [-0.15, -0.1) is 11.8 Å². The molecule has 0 fully saturated rings. The molecule has 2 rings (SSSR count). The van der Waals surface area contributed by atoms with Gasteiger partial charge in [0.05, 0.1) is 11.3 Å². The van der Waals surface area contributed by atoms with Gasteiger partial charge in [0, 0.05) is 23.1 Å². The van der Waals surface area contributed by atoms with Crippen molar-refractivity contribution < 1.29 is 22.8 Å². The predicted molar refractivity (Wildman–Crippen MR) is 87.2 cm³/mol. The van der Waals surface area contributed by atoms with Crippen LogP contribution in [-0.2, 0) is 11.0 Å². The topological polar surface area (TPSA) is 46.2 Å². The maximum absolute atomic E-state index is 12.7. The van der Waals surface area contributed by atoms with E-state index in [4.69, 9.17) is 0 Å². The third kappa shape index (κ3) is 5.13. The fraction of sp³-hybridized carbons (Fsp3) is 0.176. The molecule has 126 valence electrons. The average Bonchev–Trinajstić information content (AvgIpc) is 2.52. The van der Waals surface area contributed by atoms with Gasteiger partial charge in [-0.25, -0.2) is 0 Å². The predicted octanol–water partition coefficient (Wildman–Crippen LogP) is 4.64. The Hall–Kier alpha value is -2.28. The lowest BCUT2D eigenvalue weighted by Crippen LogP contribution is -2.07. The molecule has 1 N–H and O–H groups in total. The number of carbonyl (C=O) groups excluding carboxylic acids is 2. The van der Waals surface area contributed by atoms with Gasteiger partial charge in [-0.05, 0) is 42.5 Å². The van der Waals surface area contributed by atoms with Crippen LogP contribution in [0.15, 0.2) is 53.4 Å². The van der Waals surface area contributed by atoms with E-state index in [9.17, 15) is 22.8 Å². The number of halogens is 3. The average molecular weight is 353 g/mol. The summed E-state index contributed by atoms with van der Waals surface area (Å²) >= 11 is 1.05. The molecule has 0 spiro atoms. The number of carbonyl (C=O) groups is 2. The van der Waals surface area contributed by atoms with E-state index in [0.717, 1.165) is 23.9 Å². The number of thioether (sulfide) groups is 1. The number of anilines is 1. The number of nitrogens with one attached hydrogen (secondary N) is 1. The molecule has 3 nitrogen and oxygen atoms in total. The summed E-state index contributed by atoms with van der Waals surface area (Å²) in [5.74, 6) is -0.387. The van der Waals surface area contributed by atoms with Crippen molar-refractivity contribution in [2.75, 3.05) is 11.1 Å². The second-order valence-electron chi connectivity index (χ2n) is 5.00. The molecule has 0 aromatic heterocycles. The molecule has 2 aromatic carbocycles. The van der Waals surface area contributed by atoms with E-state index in [1.54, 1.807) is 24.3 Å². The zero-order valence-electron chi connectivity index (χ0n) is 12.7. The van der Waals surface area contributed by atoms with E-state index < -0.39 is 11.7 Å². The first-order chi connectivity index (χ1) is 11.3. The highest BCUT2D eigenvalue weighted by Crippen LogP contribution is 2.32. The first-order valence-electron chi connectivity index (χ1n) is 6.96. The van der Waals surface area contributed by atoms with E-state index in [-0.39, 0.29) is 17.4 Å². The van der Waals surface area contributed by atoms with Crippen molar-refractivity contribution in [3.63, 3.8) is 0 Å². The molecular formula is C17H14F3NO2S. The summed E-state index contributed by atoms with van der Waals surface area (Å²) in [5, 5.41) is 2.59. The number of alkyl halides is 3. The van der Waals surface area contributed by atoms with E-state index in [2.05, 4.69) is 5.32 Å². The highest BCUT2D eigenvalue weighted by Gasteiger charge is 2.30. The van der Waals surface area contributed by atoms with E-state index in [0.29, 0.717) is 16.1 Å². The number of Topliss-reactive ketones (excluding diaryl/α,β-unsaturated/α-hetero) is 1. The van der Waals surface area contributed by atoms with Gasteiger partial charge < -0.3 is 5.32 Å². The van der Waals surface area contributed by atoms with Gasteiger partial charge >= 0.3 is 6.18 Å². The lowest BCUT2D eigenvalue weighted by atomic mass is 10.1. The third-order valence-corrected chi connectivity index (χ3v) is 4.05. The largest absolute Gasteiger partial charge is 0.416 e. The fourth-order valence-electron chi connectivity index (χ4n) is 1.94. The summed E-state index contributed by atoms with van der Waals surface area (Å²) in [4.78, 5) is 23.4. The summed E-state index contributed by atoms with van der Waals surface area (Å²) in [7, 11) is 0. The lowest BCUT2D eigenvalue weighted by Gasteiger charge is -2.08. The SMILES string of the molecule is CC(=O)Nc1ccc(C(=O)CSc2cccc(C(F)(F)F)c2)cc1. The van der Waals surface area contributed by atoms with Crippen LogP contribution in [0.1, 0.15) is 22.8 Å². The van der Waals surface area contributed by atoms with Crippen molar-refractivity contribution in [2.24, 2.45) is 0 Å². The standard InChI is InChI=1S/C17H14F3NO2S/c1-11(22)21-14-7-5-12(6-8-14)16(23)10-24-15-4-2-3-13(9-15)17(18,19)20/h2-9H,10H2,1H3,(H,21,22). The quantitative estimate of drug-likeness (QED) is 0.629. The van der Waals surface area contributed by atoms with Crippen LogP contribution in [0.5, 0.6) is 0 Å². The van der Waals surface area contributed by atoms with Crippen molar-refractivity contribution in [1.29, 1.82) is 0 Å². The lowest BCUT2D eigenvalue weighted by molar-refractivity contribution is -0.137. The van der Waals surface area contributed by atoms with Gasteiger partial charge in [0.25, 0.3) is 0 Å². The van der Waals surface area contributed by atoms with Gasteiger partial charge in [-0.1, -0.05) is 6.07 Å². The molecular weight excluding hydrogens is 339 g/mol. The van der Waals surface area contributed by atoms with Crippen molar-refractivity contribution in [3.8, 4) is 0 Å². The van der Waals surface area contributed by atoms with Gasteiger partial charge in [-0.3, -0.25) is 9.59 Å². The molecule has 0 bridgehead atoms. The highest BCUT2D eigenvalue weighted by atomic mass is 32.2. The van der Waals surface area contributed by atoms with E-state index in [1.807, 2.05) is 0 Å². The highest BCUT2D eigenvalue weighted by molar-refractivity contribution is 8.00. The summed E-state index contributed by atoms with van der Waals surface area (Å²) in [6.45, 7) is 1.38. The van der Waals surface area contributed by atoms with Crippen molar-refractivity contribution in [3.05, 3.63) is 59.7 Å². The minimum absolute atomic E-state index is 0.0286. The van der Waals surface area contributed by atoms with Gasteiger partial charge in [0.2, 0.25) is 5.91 Å². The summed E-state index contributed by atoms with van der Waals surface area (Å²) in [5.41, 5.74) is 0.271. The van der Waals surface area contributed by atoms with Crippen LogP contribution in [0.3, 0.4) is 0 Å². The Balaban J connectivity index is 1.99. The summed E-state index contributed by atoms with van der Waals surface area (Å²) in [6.07, 6.45) is -4.40. The maximum atomic E-state index is 12.7. The molecule has 7 heteroatoms. The van der Waals surface area contributed by atoms with E-state index >= 15 is 0 Å². The van der Waals surface area contributed by atoms with Gasteiger partial charge in [0.1, 0.15) is 0 Å². The minimum atomic E-state index is -4.40. The monoisotopic (exact) mass is 353 g/mol. The molecule has 0 saturated carbocycles. The number of ketones is 1. The first-order valence-corrected chi connectivity index (χ1v) is 7.95. The smallest absolute Gasteiger partial charge is 0.326 e. The Morgan fingerprint density at radius 2 is 1.75 bits per heavy atom. The minimum Gasteiger partial charge on any atom is -0.326 e. The normalized spacial score (nSPS) is 11.2. The first kappa shape index (κ1) is 18.1. The molecule has 0 unspecified atom stereocenters. The molecule has 0 aliphatic heterocycles. The molecule has 0 atom stereocenters. The van der Waals surface area contributed by atoms with Crippen LogP contribution in [0.4, 0.5) is 18.9 Å². The zero-order chi connectivity index (χ0) is 17.7. The molecule has 24 heavy (non-hydrogen) atoms. The number of hydrogen-bond donors (Lipinski definition) is 1. The van der Waals surface area contributed by atoms with Gasteiger partial charge in [-0.2, -0.15) is 13.2 Å². The number of amides is 1. The number of benzene rings is 2. The molecule has 1 amide bonds. The summed E-state index contributed by atoms with van der Waals surface area (Å²) in [6, 6.07) is 11.2. The second kappa shape index (κ2) is 7.53. The zero-order valence-corrected chi connectivity index (χ0v) is 13.5. The van der Waals surface area contributed by atoms with Crippen molar-refractivity contribution >= 4 is 29.1 Å². The molecule has 0 aliphatic rings. The van der Waals surface area contributed by atoms with Crippen molar-refractivity contribution in [1.82, 2.24) is 0 Å². The van der Waals surface area contributed by atoms with Crippen LogP contribution in [-0.4, -0.2) is 17.4 Å². The Kier molecular flexibility index (Phi) is 5.66. The Morgan fingerprint density at radius 1 is 1.08 bits per heavy atom. The number of rotatable bonds is 5. The molecule has 2 aromatic rings. The summed E-state index contributed by atoms with van der Waals surface area (Å²) < 4.78 is 38.0. The van der Waals surface area contributed by atoms with Crippen molar-refractivity contribution in [2.45, 2.75) is 18.0 Å². The Bertz CT molecular complexity index is 742. The fourth-order valence-corrected chi connectivity index (χ4v) is 2.79.